The van der Waals surface area contributed by atoms with E-state index in [0.717, 1.165) is 16.5 Å². The molecule has 4 heteroatoms. The van der Waals surface area contributed by atoms with E-state index in [1.165, 1.54) is 6.07 Å². The lowest BCUT2D eigenvalue weighted by atomic mass is 9.90. The second-order valence-corrected chi connectivity index (χ2v) is 5.53. The Morgan fingerprint density at radius 2 is 2.19 bits per heavy atom. The molecule has 0 aromatic heterocycles. The van der Waals surface area contributed by atoms with Gasteiger partial charge in [0.05, 0.1) is 0 Å². The number of halogens is 2. The third kappa shape index (κ3) is 1.96. The molecular weight excluding hydrogens is 273 g/mol. The predicted octanol–water partition coefficient (Wildman–Crippen LogP) is 3.41. The summed E-state index contributed by atoms with van der Waals surface area (Å²) in [7, 11) is 1.88. The van der Waals surface area contributed by atoms with Crippen molar-refractivity contribution in [1.82, 2.24) is 5.32 Å². The van der Waals surface area contributed by atoms with Gasteiger partial charge in [-0.15, -0.1) is 0 Å². The largest absolute Gasteiger partial charge is 0.484 e. The zero-order chi connectivity index (χ0) is 11.9. The van der Waals surface area contributed by atoms with Crippen molar-refractivity contribution in [2.75, 3.05) is 7.05 Å². The van der Waals surface area contributed by atoms with Crippen LogP contribution in [0.4, 0.5) is 4.39 Å². The fraction of sp³-hybridized carbons (Fsp3) is 0.500. The molecule has 0 radical (unpaired) electrons. The second-order valence-electron chi connectivity index (χ2n) is 4.68. The third-order valence-electron chi connectivity index (χ3n) is 2.87. The number of nitrogens with one attached hydrogen (secondary N) is 1. The van der Waals surface area contributed by atoms with Gasteiger partial charge in [-0.05, 0) is 33.0 Å². The molecule has 1 aromatic rings. The van der Waals surface area contributed by atoms with E-state index in [4.69, 9.17) is 4.74 Å². The molecule has 2 nitrogen and oxygen atoms in total. The molecule has 88 valence electrons. The van der Waals surface area contributed by atoms with Gasteiger partial charge in [0.1, 0.15) is 5.60 Å². The van der Waals surface area contributed by atoms with Crippen LogP contribution < -0.4 is 10.1 Å². The van der Waals surface area contributed by atoms with Crippen molar-refractivity contribution in [3.8, 4) is 5.75 Å². The van der Waals surface area contributed by atoms with Crippen LogP contribution in [0.15, 0.2) is 16.6 Å². The van der Waals surface area contributed by atoms with Gasteiger partial charge in [0.25, 0.3) is 0 Å². The highest BCUT2D eigenvalue weighted by Crippen LogP contribution is 2.44. The highest BCUT2D eigenvalue weighted by Gasteiger charge is 2.35. The van der Waals surface area contributed by atoms with E-state index < -0.39 is 0 Å². The van der Waals surface area contributed by atoms with Crippen molar-refractivity contribution in [3.63, 3.8) is 0 Å². The van der Waals surface area contributed by atoms with Crippen molar-refractivity contribution < 1.29 is 9.13 Å². The van der Waals surface area contributed by atoms with Crippen molar-refractivity contribution in [1.29, 1.82) is 0 Å². The van der Waals surface area contributed by atoms with Gasteiger partial charge >= 0.3 is 0 Å². The highest BCUT2D eigenvalue weighted by atomic mass is 79.9. The van der Waals surface area contributed by atoms with E-state index in [1.807, 2.05) is 20.9 Å². The van der Waals surface area contributed by atoms with E-state index >= 15 is 0 Å². The molecule has 1 atom stereocenters. The fourth-order valence-electron chi connectivity index (χ4n) is 2.14. The molecule has 1 aliphatic heterocycles. The zero-order valence-electron chi connectivity index (χ0n) is 9.60. The topological polar surface area (TPSA) is 21.3 Å². The number of hydrogen-bond donors (Lipinski definition) is 1. The lowest BCUT2D eigenvalue weighted by molar-refractivity contribution is 0.0619. The van der Waals surface area contributed by atoms with Gasteiger partial charge in [0.2, 0.25) is 0 Å². The Balaban J connectivity index is 2.58. The quantitative estimate of drug-likeness (QED) is 0.855. The zero-order valence-corrected chi connectivity index (χ0v) is 11.2. The van der Waals surface area contributed by atoms with E-state index in [0.29, 0.717) is 5.75 Å². The molecule has 0 aliphatic carbocycles. The molecule has 2 rings (SSSR count). The molecular formula is C12H15BrFNO. The molecule has 0 amide bonds. The first-order valence-corrected chi connectivity index (χ1v) is 6.08. The lowest BCUT2D eigenvalue weighted by Gasteiger charge is -2.38. The van der Waals surface area contributed by atoms with Gasteiger partial charge in [-0.3, -0.25) is 0 Å². The van der Waals surface area contributed by atoms with Crippen LogP contribution in [-0.2, 0) is 0 Å². The monoisotopic (exact) mass is 287 g/mol. The van der Waals surface area contributed by atoms with E-state index in [9.17, 15) is 4.39 Å². The summed E-state index contributed by atoms with van der Waals surface area (Å²) in [5, 5.41) is 3.21. The minimum Gasteiger partial charge on any atom is -0.484 e. The second kappa shape index (κ2) is 4.00. The summed E-state index contributed by atoms with van der Waals surface area (Å²) in [6.45, 7) is 3.95. The molecule has 1 heterocycles. The maximum absolute atomic E-state index is 13.7. The normalized spacial score (nSPS) is 22.4. The number of ether oxygens (including phenoxy) is 1. The number of rotatable bonds is 1. The standard InChI is InChI=1S/C12H15BrFNO/c1-12(2)6-9(15-3)10-7(13)4-5-8(14)11(10)16-12/h4-5,9,15H,6H2,1-3H3. The van der Waals surface area contributed by atoms with Gasteiger partial charge in [0.15, 0.2) is 11.6 Å². The first-order chi connectivity index (χ1) is 7.44. The Bertz CT molecular complexity index is 420. The number of fused-ring (bicyclic) bond motifs is 1. The van der Waals surface area contributed by atoms with Crippen LogP contribution >= 0.6 is 15.9 Å². The van der Waals surface area contributed by atoms with Crippen LogP contribution in [0.5, 0.6) is 5.75 Å². The summed E-state index contributed by atoms with van der Waals surface area (Å²) in [4.78, 5) is 0. The lowest BCUT2D eigenvalue weighted by Crippen LogP contribution is -2.39. The van der Waals surface area contributed by atoms with Crippen LogP contribution in [0.25, 0.3) is 0 Å². The van der Waals surface area contributed by atoms with Crippen LogP contribution in [0.3, 0.4) is 0 Å². The van der Waals surface area contributed by atoms with Crippen molar-refractivity contribution in [2.24, 2.45) is 0 Å². The van der Waals surface area contributed by atoms with Crippen molar-refractivity contribution >= 4 is 15.9 Å². The minimum absolute atomic E-state index is 0.115. The highest BCUT2D eigenvalue weighted by molar-refractivity contribution is 9.10. The van der Waals surface area contributed by atoms with Gasteiger partial charge in [-0.2, -0.15) is 0 Å². The minimum atomic E-state index is -0.345. The Morgan fingerprint density at radius 3 is 2.81 bits per heavy atom. The van der Waals surface area contributed by atoms with Crippen LogP contribution in [0.1, 0.15) is 31.9 Å². The molecule has 1 unspecified atom stereocenters. The molecule has 0 spiro atoms. The number of benzene rings is 1. The molecule has 16 heavy (non-hydrogen) atoms. The summed E-state index contributed by atoms with van der Waals surface area (Å²) in [6, 6.07) is 3.26. The van der Waals surface area contributed by atoms with Crippen molar-refractivity contribution in [3.05, 3.63) is 28.0 Å². The molecule has 0 saturated heterocycles. The molecule has 0 fully saturated rings. The average molecular weight is 288 g/mol. The smallest absolute Gasteiger partial charge is 0.165 e. The summed E-state index contributed by atoms with van der Waals surface area (Å²) < 4.78 is 20.3. The molecule has 1 aliphatic rings. The summed E-state index contributed by atoms with van der Waals surface area (Å²) in [5.74, 6) is 0.0659. The van der Waals surface area contributed by atoms with Crippen LogP contribution in [0, 0.1) is 5.82 Å². The van der Waals surface area contributed by atoms with Crippen LogP contribution in [-0.4, -0.2) is 12.6 Å². The first-order valence-electron chi connectivity index (χ1n) is 5.29. The molecule has 1 aromatic carbocycles. The molecule has 1 N–H and O–H groups in total. The van der Waals surface area contributed by atoms with E-state index in [1.54, 1.807) is 6.07 Å². The maximum atomic E-state index is 13.7. The Labute approximate surface area is 103 Å². The van der Waals surface area contributed by atoms with Crippen molar-refractivity contribution in [2.45, 2.75) is 31.9 Å². The Hall–Kier alpha value is -0.610. The summed E-state index contributed by atoms with van der Waals surface area (Å²) in [6.07, 6.45) is 0.818. The Kier molecular flexibility index (Phi) is 2.97. The summed E-state index contributed by atoms with van der Waals surface area (Å²) in [5.41, 5.74) is 0.532. The summed E-state index contributed by atoms with van der Waals surface area (Å²) >= 11 is 3.45. The average Bonchev–Trinajstić information content (AvgIpc) is 2.21. The Morgan fingerprint density at radius 1 is 1.50 bits per heavy atom. The predicted molar refractivity (Wildman–Crippen MR) is 65.2 cm³/mol. The molecule has 0 bridgehead atoms. The first kappa shape index (κ1) is 11.9. The number of hydrogen-bond acceptors (Lipinski definition) is 2. The third-order valence-corrected chi connectivity index (χ3v) is 3.56. The SMILES string of the molecule is CNC1CC(C)(C)Oc2c(F)ccc(Br)c21. The van der Waals surface area contributed by atoms with Gasteiger partial charge in [-0.1, -0.05) is 15.9 Å². The van der Waals surface area contributed by atoms with Gasteiger partial charge in [-0.25, -0.2) is 4.39 Å². The van der Waals surface area contributed by atoms with Crippen LogP contribution in [0.2, 0.25) is 0 Å². The van der Waals surface area contributed by atoms with E-state index in [2.05, 4.69) is 21.2 Å². The van der Waals surface area contributed by atoms with Gasteiger partial charge < -0.3 is 10.1 Å². The van der Waals surface area contributed by atoms with Gasteiger partial charge in [0, 0.05) is 22.5 Å². The maximum Gasteiger partial charge on any atom is 0.165 e. The fourth-order valence-corrected chi connectivity index (χ4v) is 2.72. The molecule has 0 saturated carbocycles. The van der Waals surface area contributed by atoms with E-state index in [-0.39, 0.29) is 17.5 Å².